The molecule has 0 saturated heterocycles. The van der Waals surface area contributed by atoms with Gasteiger partial charge in [0.2, 0.25) is 5.91 Å². The minimum atomic E-state index is -0.289. The number of carbonyl (C=O) groups is 1. The third-order valence-corrected chi connectivity index (χ3v) is 4.43. The average Bonchev–Trinajstić information content (AvgIpc) is 3.02. The van der Waals surface area contributed by atoms with Crippen LogP contribution in [0.1, 0.15) is 31.0 Å². The van der Waals surface area contributed by atoms with Crippen LogP contribution in [0.15, 0.2) is 53.1 Å². The molecule has 1 N–H and O–H groups in total. The number of ether oxygens (including phenoxy) is 1. The van der Waals surface area contributed by atoms with Gasteiger partial charge in [0.05, 0.1) is 25.8 Å². The van der Waals surface area contributed by atoms with Gasteiger partial charge in [-0.25, -0.2) is 4.39 Å². The third-order valence-electron chi connectivity index (χ3n) is 4.43. The molecule has 4 nitrogen and oxygen atoms in total. The van der Waals surface area contributed by atoms with E-state index in [9.17, 15) is 9.18 Å². The lowest BCUT2D eigenvalue weighted by Gasteiger charge is -2.23. The standard InChI is InChI=1S/C21H22FNO3/c1-13(2)21(14-4-6-16(22)7-5-14)23-20(24)10-15-12-26-19-11-17(25-3)8-9-18(15)19/h4-9,11-13,21H,10H2,1-3H3,(H,23,24)/t21-/m0/s1. The fourth-order valence-corrected chi connectivity index (χ4v) is 3.03. The molecule has 0 spiro atoms. The summed E-state index contributed by atoms with van der Waals surface area (Å²) in [6.45, 7) is 4.04. The van der Waals surface area contributed by atoms with Crippen molar-refractivity contribution in [2.45, 2.75) is 26.3 Å². The van der Waals surface area contributed by atoms with Gasteiger partial charge in [-0.3, -0.25) is 4.79 Å². The van der Waals surface area contributed by atoms with Crippen LogP contribution in [0.4, 0.5) is 4.39 Å². The summed E-state index contributed by atoms with van der Waals surface area (Å²) in [4.78, 5) is 12.6. The maximum Gasteiger partial charge on any atom is 0.225 e. The average molecular weight is 355 g/mol. The van der Waals surface area contributed by atoms with Crippen LogP contribution in [0.2, 0.25) is 0 Å². The summed E-state index contributed by atoms with van der Waals surface area (Å²) in [6, 6.07) is 11.6. The molecule has 0 unspecified atom stereocenters. The minimum absolute atomic E-state index is 0.105. The second-order valence-corrected chi connectivity index (χ2v) is 6.64. The molecule has 3 rings (SSSR count). The molecule has 0 bridgehead atoms. The molecular weight excluding hydrogens is 333 g/mol. The number of hydrogen-bond acceptors (Lipinski definition) is 3. The van der Waals surface area contributed by atoms with Crippen LogP contribution in [0.3, 0.4) is 0 Å². The first-order valence-corrected chi connectivity index (χ1v) is 8.57. The Labute approximate surface area is 152 Å². The Morgan fingerprint density at radius 1 is 1.19 bits per heavy atom. The zero-order valence-electron chi connectivity index (χ0n) is 15.1. The van der Waals surface area contributed by atoms with E-state index in [0.29, 0.717) is 11.3 Å². The van der Waals surface area contributed by atoms with Crippen molar-refractivity contribution in [3.8, 4) is 5.75 Å². The second kappa shape index (κ2) is 7.60. The highest BCUT2D eigenvalue weighted by Crippen LogP contribution is 2.27. The van der Waals surface area contributed by atoms with Crippen molar-refractivity contribution in [3.63, 3.8) is 0 Å². The molecule has 0 aliphatic carbocycles. The summed E-state index contributed by atoms with van der Waals surface area (Å²) in [7, 11) is 1.60. The van der Waals surface area contributed by atoms with Gasteiger partial charge in [0.15, 0.2) is 0 Å². The topological polar surface area (TPSA) is 51.5 Å². The Morgan fingerprint density at radius 2 is 1.92 bits per heavy atom. The first kappa shape index (κ1) is 18.0. The number of amides is 1. The molecule has 2 aromatic carbocycles. The Kier molecular flexibility index (Phi) is 5.26. The van der Waals surface area contributed by atoms with Crippen molar-refractivity contribution >= 4 is 16.9 Å². The Morgan fingerprint density at radius 3 is 2.58 bits per heavy atom. The molecule has 1 heterocycles. The first-order chi connectivity index (χ1) is 12.5. The summed E-state index contributed by atoms with van der Waals surface area (Å²) < 4.78 is 23.9. The van der Waals surface area contributed by atoms with Crippen molar-refractivity contribution < 1.29 is 18.3 Å². The summed E-state index contributed by atoms with van der Waals surface area (Å²) in [6.07, 6.45) is 1.82. The first-order valence-electron chi connectivity index (χ1n) is 8.57. The number of fused-ring (bicyclic) bond motifs is 1. The zero-order chi connectivity index (χ0) is 18.7. The van der Waals surface area contributed by atoms with E-state index in [1.807, 2.05) is 26.0 Å². The van der Waals surface area contributed by atoms with Crippen LogP contribution >= 0.6 is 0 Å². The van der Waals surface area contributed by atoms with Crippen LogP contribution in [-0.4, -0.2) is 13.0 Å². The van der Waals surface area contributed by atoms with Gasteiger partial charge in [-0.2, -0.15) is 0 Å². The van der Waals surface area contributed by atoms with E-state index in [1.165, 1.54) is 12.1 Å². The summed E-state index contributed by atoms with van der Waals surface area (Å²) >= 11 is 0. The Balaban J connectivity index is 1.75. The highest BCUT2D eigenvalue weighted by molar-refractivity contribution is 5.88. The molecule has 26 heavy (non-hydrogen) atoms. The Hall–Kier alpha value is -2.82. The molecule has 0 aliphatic rings. The van der Waals surface area contributed by atoms with Gasteiger partial charge < -0.3 is 14.5 Å². The normalized spacial score (nSPS) is 12.3. The van der Waals surface area contributed by atoms with Gasteiger partial charge in [0.1, 0.15) is 17.1 Å². The van der Waals surface area contributed by atoms with Crippen molar-refractivity contribution in [2.75, 3.05) is 7.11 Å². The van der Waals surface area contributed by atoms with Gasteiger partial charge in [0, 0.05) is 17.0 Å². The van der Waals surface area contributed by atoms with Crippen molar-refractivity contribution in [3.05, 3.63) is 65.7 Å². The van der Waals surface area contributed by atoms with Crippen molar-refractivity contribution in [2.24, 2.45) is 5.92 Å². The Bertz CT molecular complexity index is 899. The molecule has 3 aromatic rings. The minimum Gasteiger partial charge on any atom is -0.497 e. The van der Waals surface area contributed by atoms with E-state index in [2.05, 4.69) is 5.32 Å². The summed E-state index contributed by atoms with van der Waals surface area (Å²) in [5, 5.41) is 3.94. The SMILES string of the molecule is COc1ccc2c(CC(=O)N[C@H](c3ccc(F)cc3)C(C)C)coc2c1. The third kappa shape index (κ3) is 3.87. The van der Waals surface area contributed by atoms with E-state index in [1.54, 1.807) is 31.6 Å². The van der Waals surface area contributed by atoms with E-state index < -0.39 is 0 Å². The summed E-state index contributed by atoms with van der Waals surface area (Å²) in [5.41, 5.74) is 2.39. The monoisotopic (exact) mass is 355 g/mol. The highest BCUT2D eigenvalue weighted by Gasteiger charge is 2.19. The van der Waals surface area contributed by atoms with E-state index in [4.69, 9.17) is 9.15 Å². The van der Waals surface area contributed by atoms with Crippen LogP contribution < -0.4 is 10.1 Å². The lowest BCUT2D eigenvalue weighted by Crippen LogP contribution is -2.32. The molecule has 0 aliphatic heterocycles. The van der Waals surface area contributed by atoms with Gasteiger partial charge in [-0.15, -0.1) is 0 Å². The van der Waals surface area contributed by atoms with E-state index in [-0.39, 0.29) is 30.1 Å². The van der Waals surface area contributed by atoms with Crippen LogP contribution in [0.5, 0.6) is 5.75 Å². The molecule has 0 saturated carbocycles. The van der Waals surface area contributed by atoms with Crippen LogP contribution in [-0.2, 0) is 11.2 Å². The largest absolute Gasteiger partial charge is 0.497 e. The number of nitrogens with one attached hydrogen (secondary N) is 1. The van der Waals surface area contributed by atoms with Gasteiger partial charge in [-0.1, -0.05) is 26.0 Å². The van der Waals surface area contributed by atoms with Gasteiger partial charge >= 0.3 is 0 Å². The number of halogens is 1. The molecule has 136 valence electrons. The van der Waals surface area contributed by atoms with E-state index >= 15 is 0 Å². The molecule has 0 radical (unpaired) electrons. The van der Waals surface area contributed by atoms with Crippen molar-refractivity contribution in [1.29, 1.82) is 0 Å². The predicted molar refractivity (Wildman–Crippen MR) is 98.6 cm³/mol. The smallest absolute Gasteiger partial charge is 0.225 e. The number of carbonyl (C=O) groups excluding carboxylic acids is 1. The van der Waals surface area contributed by atoms with E-state index in [0.717, 1.165) is 16.5 Å². The highest BCUT2D eigenvalue weighted by atomic mass is 19.1. The molecule has 0 fully saturated rings. The molecule has 1 atom stereocenters. The quantitative estimate of drug-likeness (QED) is 0.701. The molecular formula is C21H22FNO3. The molecule has 1 aromatic heterocycles. The summed E-state index contributed by atoms with van der Waals surface area (Å²) in [5.74, 6) is 0.489. The number of furan rings is 1. The fraction of sp³-hybridized carbons (Fsp3) is 0.286. The predicted octanol–water partition coefficient (Wildman–Crippen LogP) is 4.64. The maximum atomic E-state index is 13.2. The number of rotatable bonds is 6. The lowest BCUT2D eigenvalue weighted by molar-refractivity contribution is -0.121. The fourth-order valence-electron chi connectivity index (χ4n) is 3.03. The lowest BCUT2D eigenvalue weighted by atomic mass is 9.95. The molecule has 1 amide bonds. The van der Waals surface area contributed by atoms with Crippen LogP contribution in [0, 0.1) is 11.7 Å². The number of benzene rings is 2. The molecule has 5 heteroatoms. The van der Waals surface area contributed by atoms with Gasteiger partial charge in [-0.05, 0) is 35.7 Å². The second-order valence-electron chi connectivity index (χ2n) is 6.64. The van der Waals surface area contributed by atoms with Crippen molar-refractivity contribution in [1.82, 2.24) is 5.32 Å². The van der Waals surface area contributed by atoms with Crippen LogP contribution in [0.25, 0.3) is 11.0 Å². The maximum absolute atomic E-state index is 13.2. The number of hydrogen-bond donors (Lipinski definition) is 1. The van der Waals surface area contributed by atoms with Gasteiger partial charge in [0.25, 0.3) is 0 Å². The number of methoxy groups -OCH3 is 1. The zero-order valence-corrected chi connectivity index (χ0v) is 15.1.